The Kier molecular flexibility index (Phi) is 5.06. The Labute approximate surface area is 159 Å². The fourth-order valence-corrected chi connectivity index (χ4v) is 4.47. The first-order valence-electron chi connectivity index (χ1n) is 9.11. The molecule has 6 heteroatoms. The number of carboxylic acid groups (broad SMARTS) is 1. The zero-order valence-corrected chi connectivity index (χ0v) is 16.3. The van der Waals surface area contributed by atoms with E-state index in [0.717, 1.165) is 12.8 Å². The molecule has 1 saturated carbocycles. The number of amides is 1. The molecular weight excluding hydrogens is 354 g/mol. The number of hydrogen-bond acceptors (Lipinski definition) is 3. The van der Waals surface area contributed by atoms with Gasteiger partial charge in [-0.05, 0) is 49.1 Å². The number of hydrogen-bond donors (Lipinski definition) is 1. The Bertz CT molecular complexity index is 704. The molecule has 1 aromatic carbocycles. The Balaban J connectivity index is 1.92. The molecule has 1 amide bonds. The Morgan fingerprint density at radius 1 is 1.23 bits per heavy atom. The van der Waals surface area contributed by atoms with Crippen LogP contribution in [0.2, 0.25) is 5.02 Å². The second-order valence-electron chi connectivity index (χ2n) is 8.41. The average Bonchev–Trinajstić information content (AvgIpc) is 2.93. The highest BCUT2D eigenvalue weighted by molar-refractivity contribution is 6.33. The van der Waals surface area contributed by atoms with Crippen molar-refractivity contribution in [1.82, 2.24) is 4.90 Å². The summed E-state index contributed by atoms with van der Waals surface area (Å²) in [6.07, 6.45) is 3.11. The van der Waals surface area contributed by atoms with Gasteiger partial charge in [0.25, 0.3) is 5.91 Å². The van der Waals surface area contributed by atoms with Crippen LogP contribution in [0.25, 0.3) is 0 Å². The van der Waals surface area contributed by atoms with E-state index < -0.39 is 17.7 Å². The van der Waals surface area contributed by atoms with Gasteiger partial charge in [-0.3, -0.25) is 9.69 Å². The third-order valence-corrected chi connectivity index (χ3v) is 6.19. The molecule has 1 N–H and O–H groups in total. The van der Waals surface area contributed by atoms with E-state index in [0.29, 0.717) is 29.3 Å². The fourth-order valence-electron chi connectivity index (χ4n) is 4.26. The summed E-state index contributed by atoms with van der Waals surface area (Å²) in [4.78, 5) is 26.4. The van der Waals surface area contributed by atoms with Crippen molar-refractivity contribution in [3.63, 3.8) is 0 Å². The number of nitrogens with zero attached hydrogens (tertiary/aromatic N) is 1. The molecule has 1 aromatic rings. The van der Waals surface area contributed by atoms with Crippen LogP contribution in [0.3, 0.4) is 0 Å². The van der Waals surface area contributed by atoms with Crippen molar-refractivity contribution < 1.29 is 19.4 Å². The smallest absolute Gasteiger partial charge is 0.328 e. The highest BCUT2D eigenvalue weighted by Crippen LogP contribution is 2.47. The van der Waals surface area contributed by atoms with Gasteiger partial charge in [-0.1, -0.05) is 44.5 Å². The molecule has 1 atom stereocenters. The second-order valence-corrected chi connectivity index (χ2v) is 8.81. The van der Waals surface area contributed by atoms with Crippen molar-refractivity contribution >= 4 is 23.5 Å². The minimum Gasteiger partial charge on any atom is -0.480 e. The van der Waals surface area contributed by atoms with E-state index >= 15 is 0 Å². The lowest BCUT2D eigenvalue weighted by Crippen LogP contribution is -2.55. The molecule has 1 saturated heterocycles. The highest BCUT2D eigenvalue weighted by atomic mass is 35.5. The largest absolute Gasteiger partial charge is 0.480 e. The van der Waals surface area contributed by atoms with E-state index in [1.165, 1.54) is 4.90 Å². The zero-order valence-electron chi connectivity index (χ0n) is 15.5. The van der Waals surface area contributed by atoms with Gasteiger partial charge in [0.2, 0.25) is 0 Å². The molecule has 3 rings (SSSR count). The zero-order chi connectivity index (χ0) is 19.1. The fraction of sp³-hybridized carbons (Fsp3) is 0.600. The van der Waals surface area contributed by atoms with E-state index in [-0.39, 0.29) is 17.9 Å². The van der Waals surface area contributed by atoms with Crippen molar-refractivity contribution in [3.8, 4) is 0 Å². The van der Waals surface area contributed by atoms with Gasteiger partial charge in [-0.2, -0.15) is 0 Å². The van der Waals surface area contributed by atoms with Crippen LogP contribution in [-0.4, -0.2) is 40.3 Å². The summed E-state index contributed by atoms with van der Waals surface area (Å²) >= 11 is 6.20. The van der Waals surface area contributed by atoms with E-state index in [1.54, 1.807) is 24.3 Å². The molecule has 1 aliphatic heterocycles. The molecule has 0 radical (unpaired) electrons. The third-order valence-electron chi connectivity index (χ3n) is 5.86. The molecule has 1 aliphatic carbocycles. The number of rotatable bonds is 2. The summed E-state index contributed by atoms with van der Waals surface area (Å²) in [5.74, 6) is -0.882. The van der Waals surface area contributed by atoms with Crippen LogP contribution >= 0.6 is 11.6 Å². The average molecular weight is 380 g/mol. The molecule has 142 valence electrons. The van der Waals surface area contributed by atoms with E-state index in [1.807, 2.05) is 0 Å². The van der Waals surface area contributed by atoms with Gasteiger partial charge in [0, 0.05) is 0 Å². The molecule has 0 aromatic heterocycles. The summed E-state index contributed by atoms with van der Waals surface area (Å²) in [7, 11) is 0. The summed E-state index contributed by atoms with van der Waals surface area (Å²) in [5.41, 5.74) is -0.339. The maximum atomic E-state index is 13.2. The van der Waals surface area contributed by atoms with Crippen molar-refractivity contribution in [2.75, 3.05) is 6.61 Å². The monoisotopic (exact) mass is 379 g/mol. The maximum Gasteiger partial charge on any atom is 0.328 e. The number of carboxylic acids is 1. The van der Waals surface area contributed by atoms with Gasteiger partial charge in [0.05, 0.1) is 17.2 Å². The van der Waals surface area contributed by atoms with E-state index in [9.17, 15) is 14.7 Å². The highest BCUT2D eigenvalue weighted by Gasteiger charge is 2.55. The molecule has 0 unspecified atom stereocenters. The lowest BCUT2D eigenvalue weighted by molar-refractivity contribution is -0.144. The van der Waals surface area contributed by atoms with Gasteiger partial charge in [-0.15, -0.1) is 0 Å². The van der Waals surface area contributed by atoms with E-state index in [2.05, 4.69) is 20.8 Å². The molecule has 26 heavy (non-hydrogen) atoms. The predicted octanol–water partition coefficient (Wildman–Crippen LogP) is 4.20. The van der Waals surface area contributed by atoms with Crippen molar-refractivity contribution in [3.05, 3.63) is 34.9 Å². The second kappa shape index (κ2) is 6.86. The van der Waals surface area contributed by atoms with E-state index in [4.69, 9.17) is 16.3 Å². The summed E-state index contributed by atoms with van der Waals surface area (Å²) in [5, 5.41) is 9.96. The molecular formula is C20H26ClNO4. The van der Waals surface area contributed by atoms with Crippen molar-refractivity contribution in [1.29, 1.82) is 0 Å². The lowest BCUT2D eigenvalue weighted by atomic mass is 9.70. The van der Waals surface area contributed by atoms with Gasteiger partial charge < -0.3 is 9.84 Å². The van der Waals surface area contributed by atoms with Crippen LogP contribution < -0.4 is 0 Å². The summed E-state index contributed by atoms with van der Waals surface area (Å²) in [6.45, 7) is 6.68. The lowest BCUT2D eigenvalue weighted by Gasteiger charge is -2.46. The predicted molar refractivity (Wildman–Crippen MR) is 99.1 cm³/mol. The standard InChI is InChI=1S/C20H26ClNO4/c1-19(2,3)13-8-10-20(11-9-13)22(16(12-26-20)18(24)25)17(23)14-6-4-5-7-15(14)21/h4-7,13,16H,8-12H2,1-3H3,(H,24,25)/t13?,16-,20?/m1/s1. The number of carbonyl (C=O) groups excluding carboxylic acids is 1. The van der Waals surface area contributed by atoms with Gasteiger partial charge in [-0.25, -0.2) is 4.79 Å². The minimum atomic E-state index is -1.04. The number of benzene rings is 1. The summed E-state index contributed by atoms with van der Waals surface area (Å²) < 4.78 is 5.99. The van der Waals surface area contributed by atoms with Crippen molar-refractivity contribution in [2.45, 2.75) is 58.2 Å². The van der Waals surface area contributed by atoms with Crippen molar-refractivity contribution in [2.24, 2.45) is 11.3 Å². The maximum absolute atomic E-state index is 13.2. The SMILES string of the molecule is CC(C)(C)C1CCC2(CC1)OC[C@H](C(=O)O)N2C(=O)c1ccccc1Cl. The molecule has 2 aliphatic rings. The Morgan fingerprint density at radius 3 is 2.38 bits per heavy atom. The quantitative estimate of drug-likeness (QED) is 0.836. The number of aliphatic carboxylic acids is 1. The van der Waals surface area contributed by atoms with Gasteiger partial charge >= 0.3 is 5.97 Å². The first-order valence-corrected chi connectivity index (χ1v) is 9.48. The van der Waals surface area contributed by atoms with Gasteiger partial charge in [0.1, 0.15) is 5.72 Å². The van der Waals surface area contributed by atoms with Gasteiger partial charge in [0.15, 0.2) is 6.04 Å². The number of halogens is 1. The number of carbonyl (C=O) groups is 2. The molecule has 1 heterocycles. The molecule has 1 spiro atoms. The number of ether oxygens (including phenoxy) is 1. The van der Waals surface area contributed by atoms with Crippen LogP contribution in [0.5, 0.6) is 0 Å². The Hall–Kier alpha value is -1.59. The minimum absolute atomic E-state index is 0.0196. The first kappa shape index (κ1) is 19.2. The third kappa shape index (κ3) is 3.35. The topological polar surface area (TPSA) is 66.8 Å². The summed E-state index contributed by atoms with van der Waals surface area (Å²) in [6, 6.07) is 5.78. The Morgan fingerprint density at radius 2 is 1.85 bits per heavy atom. The van der Waals surface area contributed by atoms with Crippen LogP contribution in [0, 0.1) is 11.3 Å². The molecule has 5 nitrogen and oxygen atoms in total. The first-order chi connectivity index (χ1) is 12.2. The van der Waals surface area contributed by atoms with Crippen LogP contribution in [0.4, 0.5) is 0 Å². The van der Waals surface area contributed by atoms with Crippen LogP contribution in [0.1, 0.15) is 56.8 Å². The van der Waals surface area contributed by atoms with Crippen LogP contribution in [-0.2, 0) is 9.53 Å². The molecule has 2 fully saturated rings. The molecule has 0 bridgehead atoms. The van der Waals surface area contributed by atoms with Crippen LogP contribution in [0.15, 0.2) is 24.3 Å². The normalized spacial score (nSPS) is 29.2.